The van der Waals surface area contributed by atoms with Gasteiger partial charge in [0.05, 0.1) is 13.2 Å². The Morgan fingerprint density at radius 2 is 1.70 bits per heavy atom. The number of ether oxygens (including phenoxy) is 2. The molecule has 1 aromatic rings. The molecule has 0 spiro atoms. The van der Waals surface area contributed by atoms with E-state index in [1.54, 1.807) is 0 Å². The van der Waals surface area contributed by atoms with Crippen molar-refractivity contribution >= 4 is 0 Å². The van der Waals surface area contributed by atoms with E-state index < -0.39 is 0 Å². The molecule has 2 unspecified atom stereocenters. The maximum absolute atomic E-state index is 6.46. The highest BCUT2D eigenvalue weighted by molar-refractivity contribution is 5.59. The molecule has 2 atom stereocenters. The minimum Gasteiger partial charge on any atom is -0.489 e. The third kappa shape index (κ3) is 4.00. The number of aryl methyl sites for hydroxylation is 1. The Kier molecular flexibility index (Phi) is 6.43. The summed E-state index contributed by atoms with van der Waals surface area (Å²) in [5, 5.41) is 0. The van der Waals surface area contributed by atoms with Gasteiger partial charge in [-0.25, -0.2) is 0 Å². The second kappa shape index (κ2) is 8.45. The molecule has 0 aliphatic heterocycles. The molecule has 0 amide bonds. The van der Waals surface area contributed by atoms with Crippen molar-refractivity contribution in [2.45, 2.75) is 98.3 Å². The summed E-state index contributed by atoms with van der Waals surface area (Å²) in [5.41, 5.74) is 4.81. The molecule has 0 saturated heterocycles. The summed E-state index contributed by atoms with van der Waals surface area (Å²) in [6.45, 7) is 15.4. The van der Waals surface area contributed by atoms with Gasteiger partial charge >= 0.3 is 0 Å². The fourth-order valence-corrected chi connectivity index (χ4v) is 5.43. The van der Waals surface area contributed by atoms with Crippen LogP contribution in [-0.4, -0.2) is 13.2 Å². The van der Waals surface area contributed by atoms with Crippen molar-refractivity contribution in [1.82, 2.24) is 0 Å². The van der Waals surface area contributed by atoms with E-state index in [1.807, 2.05) is 0 Å². The lowest BCUT2D eigenvalue weighted by Gasteiger charge is -2.48. The van der Waals surface area contributed by atoms with Crippen molar-refractivity contribution < 1.29 is 9.47 Å². The number of hydrogen-bond donors (Lipinski definition) is 0. The zero-order valence-corrected chi connectivity index (χ0v) is 18.5. The maximum Gasteiger partial charge on any atom is 0.165 e. The average molecular weight is 373 g/mol. The number of hydrogen-bond acceptors (Lipinski definition) is 2. The molecular weight excluding hydrogens is 332 g/mol. The lowest BCUT2D eigenvalue weighted by Crippen LogP contribution is -2.37. The second-order valence-corrected chi connectivity index (χ2v) is 9.68. The Balaban J connectivity index is 2.15. The minimum atomic E-state index is 0.434. The van der Waals surface area contributed by atoms with Gasteiger partial charge in [0.1, 0.15) is 0 Å². The summed E-state index contributed by atoms with van der Waals surface area (Å²) >= 11 is 0. The van der Waals surface area contributed by atoms with Gasteiger partial charge in [0.15, 0.2) is 11.5 Å². The van der Waals surface area contributed by atoms with Crippen LogP contribution in [0.4, 0.5) is 0 Å². The van der Waals surface area contributed by atoms with Gasteiger partial charge in [-0.1, -0.05) is 54.0 Å². The normalized spacial score (nSPS) is 23.7. The standard InChI is InChI=1S/C25H40O2/c1-7-14-26-23-20(17(3)4)16-18-11-12-21-19(10-9-13-25(21,5)6)22(18)24(23)27-15-8-2/h16-17,19,21H,7-15H2,1-6H3. The van der Waals surface area contributed by atoms with E-state index in [0.29, 0.717) is 17.3 Å². The Bertz CT molecular complexity index is 644. The molecule has 1 saturated carbocycles. The maximum atomic E-state index is 6.46. The van der Waals surface area contributed by atoms with Crippen LogP contribution in [0.15, 0.2) is 6.07 Å². The van der Waals surface area contributed by atoms with Crippen LogP contribution in [0, 0.1) is 11.3 Å². The predicted octanol–water partition coefficient (Wildman–Crippen LogP) is 7.24. The Morgan fingerprint density at radius 3 is 2.33 bits per heavy atom. The summed E-state index contributed by atoms with van der Waals surface area (Å²) in [6.07, 6.45) is 8.57. The first-order valence-electron chi connectivity index (χ1n) is 11.4. The number of benzene rings is 1. The first kappa shape index (κ1) is 20.6. The van der Waals surface area contributed by atoms with Gasteiger partial charge < -0.3 is 9.47 Å². The van der Waals surface area contributed by atoms with E-state index in [1.165, 1.54) is 48.8 Å². The molecule has 0 aromatic heterocycles. The Morgan fingerprint density at radius 1 is 1.04 bits per heavy atom. The molecule has 0 N–H and O–H groups in total. The highest BCUT2D eigenvalue weighted by Crippen LogP contribution is 2.57. The molecule has 2 nitrogen and oxygen atoms in total. The van der Waals surface area contributed by atoms with Gasteiger partial charge in [-0.15, -0.1) is 0 Å². The summed E-state index contributed by atoms with van der Waals surface area (Å²) in [4.78, 5) is 0. The van der Waals surface area contributed by atoms with Crippen molar-refractivity contribution in [2.24, 2.45) is 11.3 Å². The monoisotopic (exact) mass is 372 g/mol. The molecule has 3 rings (SSSR count). The van der Waals surface area contributed by atoms with Crippen molar-refractivity contribution in [3.8, 4) is 11.5 Å². The molecule has 152 valence electrons. The summed E-state index contributed by atoms with van der Waals surface area (Å²) in [7, 11) is 0. The summed E-state index contributed by atoms with van der Waals surface area (Å²) in [5.74, 6) is 4.00. The van der Waals surface area contributed by atoms with E-state index in [4.69, 9.17) is 9.47 Å². The van der Waals surface area contributed by atoms with E-state index in [2.05, 4.69) is 47.6 Å². The van der Waals surface area contributed by atoms with Crippen LogP contribution < -0.4 is 9.47 Å². The van der Waals surface area contributed by atoms with E-state index in [0.717, 1.165) is 43.5 Å². The summed E-state index contributed by atoms with van der Waals surface area (Å²) < 4.78 is 12.8. The van der Waals surface area contributed by atoms with Crippen molar-refractivity contribution in [3.63, 3.8) is 0 Å². The van der Waals surface area contributed by atoms with Gasteiger partial charge in [-0.2, -0.15) is 0 Å². The fourth-order valence-electron chi connectivity index (χ4n) is 5.43. The van der Waals surface area contributed by atoms with Crippen LogP contribution in [0.5, 0.6) is 11.5 Å². The molecule has 1 fully saturated rings. The van der Waals surface area contributed by atoms with Crippen LogP contribution in [0.3, 0.4) is 0 Å². The molecule has 27 heavy (non-hydrogen) atoms. The molecule has 0 bridgehead atoms. The Hall–Kier alpha value is -1.18. The highest BCUT2D eigenvalue weighted by atomic mass is 16.5. The highest BCUT2D eigenvalue weighted by Gasteiger charge is 2.44. The quantitative estimate of drug-likeness (QED) is 0.502. The first-order valence-corrected chi connectivity index (χ1v) is 11.4. The van der Waals surface area contributed by atoms with Crippen LogP contribution in [-0.2, 0) is 6.42 Å². The topological polar surface area (TPSA) is 18.5 Å². The fraction of sp³-hybridized carbons (Fsp3) is 0.760. The molecule has 2 aliphatic rings. The van der Waals surface area contributed by atoms with Crippen LogP contribution >= 0.6 is 0 Å². The van der Waals surface area contributed by atoms with E-state index in [9.17, 15) is 0 Å². The van der Waals surface area contributed by atoms with Gasteiger partial charge in [0.2, 0.25) is 0 Å². The Labute approximate surface area is 167 Å². The van der Waals surface area contributed by atoms with Crippen molar-refractivity contribution in [1.29, 1.82) is 0 Å². The van der Waals surface area contributed by atoms with Gasteiger partial charge in [0, 0.05) is 11.1 Å². The lowest BCUT2D eigenvalue weighted by atomic mass is 9.57. The second-order valence-electron chi connectivity index (χ2n) is 9.68. The van der Waals surface area contributed by atoms with Gasteiger partial charge in [-0.05, 0) is 67.3 Å². The molecule has 0 heterocycles. The van der Waals surface area contributed by atoms with Crippen molar-refractivity contribution in [3.05, 3.63) is 22.8 Å². The minimum absolute atomic E-state index is 0.434. The average Bonchev–Trinajstić information content (AvgIpc) is 2.63. The molecule has 2 aliphatic carbocycles. The SMILES string of the molecule is CCCOc1c(C(C)C)cc2c(c1OCCC)C1CCCC(C)(C)C1CC2. The third-order valence-electron chi connectivity index (χ3n) is 6.83. The van der Waals surface area contributed by atoms with Gasteiger partial charge in [0.25, 0.3) is 0 Å². The zero-order valence-electron chi connectivity index (χ0n) is 18.5. The smallest absolute Gasteiger partial charge is 0.165 e. The lowest BCUT2D eigenvalue weighted by molar-refractivity contribution is 0.0946. The summed E-state index contributed by atoms with van der Waals surface area (Å²) in [6, 6.07) is 2.46. The predicted molar refractivity (Wildman–Crippen MR) is 114 cm³/mol. The van der Waals surface area contributed by atoms with E-state index in [-0.39, 0.29) is 0 Å². The van der Waals surface area contributed by atoms with Crippen LogP contribution in [0.2, 0.25) is 0 Å². The zero-order chi connectivity index (χ0) is 19.6. The first-order chi connectivity index (χ1) is 12.9. The largest absolute Gasteiger partial charge is 0.489 e. The molecule has 2 heteroatoms. The molecular formula is C25H40O2. The van der Waals surface area contributed by atoms with Crippen molar-refractivity contribution in [2.75, 3.05) is 13.2 Å². The molecule has 1 aromatic carbocycles. The van der Waals surface area contributed by atoms with E-state index >= 15 is 0 Å². The van der Waals surface area contributed by atoms with Crippen LogP contribution in [0.1, 0.15) is 109 Å². The molecule has 0 radical (unpaired) electrons. The number of rotatable bonds is 7. The third-order valence-corrected chi connectivity index (χ3v) is 6.83. The van der Waals surface area contributed by atoms with Gasteiger partial charge in [-0.3, -0.25) is 0 Å². The number of fused-ring (bicyclic) bond motifs is 3. The van der Waals surface area contributed by atoms with Crippen LogP contribution in [0.25, 0.3) is 0 Å².